The number of H-pyrrole nitrogens is 1. The maximum absolute atomic E-state index is 13.7. The maximum Gasteiger partial charge on any atom is 0.326 e. The van der Waals surface area contributed by atoms with Crippen molar-refractivity contribution in [3.63, 3.8) is 0 Å². The first kappa shape index (κ1) is 15.2. The summed E-state index contributed by atoms with van der Waals surface area (Å²) in [6.07, 6.45) is 2.89. The van der Waals surface area contributed by atoms with Gasteiger partial charge in [0.05, 0.1) is 11.9 Å². The molecule has 8 heteroatoms. The normalized spacial score (nSPS) is 11.9. The number of benzene rings is 1. The molecular formula is C13H11BrFN3O3. The van der Waals surface area contributed by atoms with Crippen LogP contribution >= 0.6 is 15.9 Å². The van der Waals surface area contributed by atoms with Crippen LogP contribution < -0.4 is 5.32 Å². The van der Waals surface area contributed by atoms with E-state index in [1.54, 1.807) is 0 Å². The number of aliphatic carboxylic acids is 1. The summed E-state index contributed by atoms with van der Waals surface area (Å²) in [7, 11) is 0. The fourth-order valence-corrected chi connectivity index (χ4v) is 2.28. The fourth-order valence-electron chi connectivity index (χ4n) is 1.76. The summed E-state index contributed by atoms with van der Waals surface area (Å²) < 4.78 is 13.9. The van der Waals surface area contributed by atoms with Gasteiger partial charge in [-0.1, -0.05) is 6.07 Å². The Bertz CT molecular complexity index is 640. The Morgan fingerprint density at radius 3 is 2.81 bits per heavy atom. The van der Waals surface area contributed by atoms with Gasteiger partial charge in [-0.05, 0) is 28.1 Å². The van der Waals surface area contributed by atoms with Gasteiger partial charge in [-0.15, -0.1) is 0 Å². The Morgan fingerprint density at radius 1 is 1.48 bits per heavy atom. The van der Waals surface area contributed by atoms with Gasteiger partial charge in [0.25, 0.3) is 5.91 Å². The number of carbonyl (C=O) groups excluding carboxylic acids is 1. The van der Waals surface area contributed by atoms with Crippen molar-refractivity contribution in [2.75, 3.05) is 0 Å². The van der Waals surface area contributed by atoms with E-state index in [0.29, 0.717) is 5.69 Å². The van der Waals surface area contributed by atoms with Gasteiger partial charge >= 0.3 is 5.97 Å². The lowest BCUT2D eigenvalue weighted by Crippen LogP contribution is -2.42. The summed E-state index contributed by atoms with van der Waals surface area (Å²) in [6.45, 7) is 0. The minimum atomic E-state index is -1.22. The van der Waals surface area contributed by atoms with E-state index in [0.717, 1.165) is 6.07 Å². The summed E-state index contributed by atoms with van der Waals surface area (Å²) in [5.74, 6) is -2.75. The van der Waals surface area contributed by atoms with Gasteiger partial charge in [-0.25, -0.2) is 14.2 Å². The van der Waals surface area contributed by atoms with Crippen molar-refractivity contribution in [1.29, 1.82) is 0 Å². The van der Waals surface area contributed by atoms with Crippen LogP contribution in [0.2, 0.25) is 0 Å². The second-order valence-corrected chi connectivity index (χ2v) is 5.10. The SMILES string of the molecule is O=C(NC(Cc1cnc[nH]1)C(=O)O)c1c(F)cccc1Br. The fraction of sp³-hybridized carbons (Fsp3) is 0.154. The Morgan fingerprint density at radius 2 is 2.24 bits per heavy atom. The Balaban J connectivity index is 2.17. The van der Waals surface area contributed by atoms with Crippen LogP contribution in [-0.4, -0.2) is 33.0 Å². The summed E-state index contributed by atoms with van der Waals surface area (Å²) in [4.78, 5) is 29.8. The zero-order chi connectivity index (χ0) is 15.4. The number of imidazole rings is 1. The van der Waals surface area contributed by atoms with Crippen molar-refractivity contribution >= 4 is 27.8 Å². The van der Waals surface area contributed by atoms with Gasteiger partial charge in [0, 0.05) is 22.8 Å². The largest absolute Gasteiger partial charge is 0.480 e. The molecule has 0 aliphatic heterocycles. The number of carbonyl (C=O) groups is 2. The van der Waals surface area contributed by atoms with Crippen molar-refractivity contribution in [3.05, 3.63) is 52.3 Å². The first-order chi connectivity index (χ1) is 9.99. The highest BCUT2D eigenvalue weighted by Gasteiger charge is 2.24. The Kier molecular flexibility index (Phi) is 4.69. The zero-order valence-corrected chi connectivity index (χ0v) is 12.2. The van der Waals surface area contributed by atoms with Crippen molar-refractivity contribution in [2.24, 2.45) is 0 Å². The molecule has 1 amide bonds. The molecule has 2 rings (SSSR count). The van der Waals surface area contributed by atoms with Gasteiger partial charge in [-0.3, -0.25) is 4.79 Å². The maximum atomic E-state index is 13.7. The Hall–Kier alpha value is -2.22. The van der Waals surface area contributed by atoms with Gasteiger partial charge in [0.15, 0.2) is 0 Å². The summed E-state index contributed by atoms with van der Waals surface area (Å²) in [5.41, 5.74) is 0.323. The van der Waals surface area contributed by atoms with Crippen molar-refractivity contribution in [2.45, 2.75) is 12.5 Å². The monoisotopic (exact) mass is 355 g/mol. The number of hydrogen-bond acceptors (Lipinski definition) is 3. The molecule has 1 unspecified atom stereocenters. The van der Waals surface area contributed by atoms with Crippen LogP contribution in [0.15, 0.2) is 35.2 Å². The molecule has 0 bridgehead atoms. The van der Waals surface area contributed by atoms with E-state index in [-0.39, 0.29) is 16.5 Å². The molecule has 0 saturated carbocycles. The minimum Gasteiger partial charge on any atom is -0.480 e. The highest BCUT2D eigenvalue weighted by molar-refractivity contribution is 9.10. The molecule has 2 aromatic rings. The summed E-state index contributed by atoms with van der Waals surface area (Å²) >= 11 is 3.07. The number of aromatic amines is 1. The average molecular weight is 356 g/mol. The quantitative estimate of drug-likeness (QED) is 0.761. The van der Waals surface area contributed by atoms with Crippen LogP contribution in [0, 0.1) is 5.82 Å². The smallest absolute Gasteiger partial charge is 0.326 e. The molecule has 0 aliphatic carbocycles. The van der Waals surface area contributed by atoms with E-state index < -0.39 is 23.7 Å². The lowest BCUT2D eigenvalue weighted by Gasteiger charge is -2.14. The van der Waals surface area contributed by atoms with Crippen LogP contribution in [0.25, 0.3) is 0 Å². The number of nitrogens with one attached hydrogen (secondary N) is 2. The van der Waals surface area contributed by atoms with Crippen LogP contribution in [0.5, 0.6) is 0 Å². The molecule has 0 aliphatic rings. The van der Waals surface area contributed by atoms with Gasteiger partial charge in [0.2, 0.25) is 0 Å². The number of amides is 1. The third-order valence-electron chi connectivity index (χ3n) is 2.77. The number of carboxylic acid groups (broad SMARTS) is 1. The van der Waals surface area contributed by atoms with Crippen LogP contribution in [0.1, 0.15) is 16.1 Å². The third kappa shape index (κ3) is 3.66. The molecule has 0 fully saturated rings. The highest BCUT2D eigenvalue weighted by Crippen LogP contribution is 2.19. The van der Waals surface area contributed by atoms with E-state index in [4.69, 9.17) is 5.11 Å². The van der Waals surface area contributed by atoms with E-state index in [9.17, 15) is 14.0 Å². The van der Waals surface area contributed by atoms with Gasteiger partial charge < -0.3 is 15.4 Å². The number of rotatable bonds is 5. The lowest BCUT2D eigenvalue weighted by atomic mass is 10.1. The highest BCUT2D eigenvalue weighted by atomic mass is 79.9. The Labute approximate surface area is 127 Å². The van der Waals surface area contributed by atoms with E-state index in [1.165, 1.54) is 24.7 Å². The second-order valence-electron chi connectivity index (χ2n) is 4.24. The predicted molar refractivity (Wildman–Crippen MR) is 75.3 cm³/mol. The number of aromatic nitrogens is 2. The molecule has 0 radical (unpaired) electrons. The van der Waals surface area contributed by atoms with Crippen LogP contribution in [-0.2, 0) is 11.2 Å². The second kappa shape index (κ2) is 6.49. The molecule has 1 aromatic carbocycles. The van der Waals surface area contributed by atoms with E-state index in [2.05, 4.69) is 31.2 Å². The van der Waals surface area contributed by atoms with Crippen molar-refractivity contribution < 1.29 is 19.1 Å². The first-order valence-electron chi connectivity index (χ1n) is 5.94. The molecule has 1 heterocycles. The molecule has 6 nitrogen and oxygen atoms in total. The van der Waals surface area contributed by atoms with Crippen molar-refractivity contribution in [1.82, 2.24) is 15.3 Å². The number of halogens is 2. The number of hydrogen-bond donors (Lipinski definition) is 3. The molecule has 110 valence electrons. The van der Waals surface area contributed by atoms with Crippen LogP contribution in [0.3, 0.4) is 0 Å². The summed E-state index contributed by atoms with van der Waals surface area (Å²) in [6, 6.07) is 2.88. The standard InChI is InChI=1S/C13H11BrFN3O3/c14-8-2-1-3-9(15)11(8)12(19)18-10(13(20)21)4-7-5-16-6-17-7/h1-3,5-6,10H,4H2,(H,16,17)(H,18,19)(H,20,21). The predicted octanol–water partition coefficient (Wildman–Crippen LogP) is 1.74. The molecule has 21 heavy (non-hydrogen) atoms. The number of nitrogens with zero attached hydrogens (tertiary/aromatic N) is 1. The van der Waals surface area contributed by atoms with E-state index in [1.807, 2.05) is 0 Å². The number of carboxylic acids is 1. The van der Waals surface area contributed by atoms with Crippen LogP contribution in [0.4, 0.5) is 4.39 Å². The summed E-state index contributed by atoms with van der Waals surface area (Å²) in [5, 5.41) is 11.4. The minimum absolute atomic E-state index is 0.0210. The molecular weight excluding hydrogens is 345 g/mol. The van der Waals surface area contributed by atoms with Gasteiger partial charge in [-0.2, -0.15) is 0 Å². The first-order valence-corrected chi connectivity index (χ1v) is 6.73. The molecule has 1 aromatic heterocycles. The van der Waals surface area contributed by atoms with E-state index >= 15 is 0 Å². The zero-order valence-electron chi connectivity index (χ0n) is 10.6. The molecule has 0 saturated heterocycles. The molecule has 1 atom stereocenters. The van der Waals surface area contributed by atoms with Crippen molar-refractivity contribution in [3.8, 4) is 0 Å². The molecule has 3 N–H and O–H groups in total. The lowest BCUT2D eigenvalue weighted by molar-refractivity contribution is -0.139. The average Bonchev–Trinajstić information content (AvgIpc) is 2.90. The third-order valence-corrected chi connectivity index (χ3v) is 3.43. The van der Waals surface area contributed by atoms with Gasteiger partial charge in [0.1, 0.15) is 11.9 Å². The topological polar surface area (TPSA) is 95.1 Å². The molecule has 0 spiro atoms.